The van der Waals surface area contributed by atoms with E-state index in [9.17, 15) is 19.2 Å². The molecule has 2 aromatic carbocycles. The number of rotatable bonds is 5. The summed E-state index contributed by atoms with van der Waals surface area (Å²) in [6.45, 7) is 1.06. The highest BCUT2D eigenvalue weighted by Crippen LogP contribution is 2.32. The minimum Gasteiger partial charge on any atom is -0.491 e. The maximum Gasteiger partial charge on any atom is 0.253 e. The van der Waals surface area contributed by atoms with Gasteiger partial charge < -0.3 is 30.1 Å². The summed E-state index contributed by atoms with van der Waals surface area (Å²) in [4.78, 5) is 57.2. The zero-order chi connectivity index (χ0) is 29.5. The number of hydrogen-bond acceptors (Lipinski definition) is 7. The summed E-state index contributed by atoms with van der Waals surface area (Å²) in [5, 5.41) is 5.86. The lowest BCUT2D eigenvalue weighted by Crippen LogP contribution is -2.53. The number of amides is 4. The van der Waals surface area contributed by atoms with E-state index in [0.717, 1.165) is 11.1 Å². The van der Waals surface area contributed by atoms with Gasteiger partial charge in [0.2, 0.25) is 17.7 Å². The fourth-order valence-electron chi connectivity index (χ4n) is 5.40. The van der Waals surface area contributed by atoms with Gasteiger partial charge in [-0.25, -0.2) is 0 Å². The van der Waals surface area contributed by atoms with Gasteiger partial charge in [0, 0.05) is 37.3 Å². The highest BCUT2D eigenvalue weighted by Gasteiger charge is 2.39. The van der Waals surface area contributed by atoms with E-state index in [1.165, 1.54) is 0 Å². The van der Waals surface area contributed by atoms with Crippen LogP contribution in [0.3, 0.4) is 0 Å². The molecule has 0 aliphatic carbocycles. The Morgan fingerprint density at radius 3 is 2.56 bits per heavy atom. The summed E-state index contributed by atoms with van der Waals surface area (Å²) in [5.74, 6) is -0.145. The van der Waals surface area contributed by atoms with Crippen LogP contribution in [0.5, 0.6) is 5.75 Å². The smallest absolute Gasteiger partial charge is 0.253 e. The Morgan fingerprint density at radius 2 is 1.80 bits per heavy atom. The Labute approximate surface area is 246 Å². The molecule has 41 heavy (non-hydrogen) atoms. The molecule has 1 fully saturated rings. The van der Waals surface area contributed by atoms with Gasteiger partial charge in [0.1, 0.15) is 18.4 Å². The third kappa shape index (κ3) is 7.80. The Kier molecular flexibility index (Phi) is 10.3. The van der Waals surface area contributed by atoms with Crippen LogP contribution in [0.2, 0.25) is 0 Å². The number of ether oxygens (including phenoxy) is 1. The van der Waals surface area contributed by atoms with E-state index in [2.05, 4.69) is 23.3 Å². The van der Waals surface area contributed by atoms with E-state index in [1.807, 2.05) is 42.5 Å². The number of para-hydroxylation sites is 1. The minimum atomic E-state index is -0.781. The van der Waals surface area contributed by atoms with Gasteiger partial charge in [0.25, 0.3) is 5.91 Å². The highest BCUT2D eigenvalue weighted by molar-refractivity contribution is 7.81. The summed E-state index contributed by atoms with van der Waals surface area (Å²) in [6, 6.07) is 13.7. The van der Waals surface area contributed by atoms with Crippen LogP contribution in [0.25, 0.3) is 11.1 Å². The minimum absolute atomic E-state index is 0.0491. The van der Waals surface area contributed by atoms with Gasteiger partial charge in [-0.2, -0.15) is 12.6 Å². The first kappa shape index (κ1) is 30.4. The van der Waals surface area contributed by atoms with Gasteiger partial charge in [-0.3, -0.25) is 19.2 Å². The van der Waals surface area contributed by atoms with Crippen LogP contribution in [0.4, 0.5) is 0 Å². The van der Waals surface area contributed by atoms with E-state index in [1.54, 1.807) is 41.9 Å². The number of benzene rings is 2. The van der Waals surface area contributed by atoms with Crippen LogP contribution in [-0.4, -0.2) is 110 Å². The Morgan fingerprint density at radius 1 is 1.05 bits per heavy atom. The molecule has 1 saturated heterocycles. The van der Waals surface area contributed by atoms with Gasteiger partial charge in [-0.15, -0.1) is 0 Å². The van der Waals surface area contributed by atoms with Crippen molar-refractivity contribution >= 4 is 36.3 Å². The summed E-state index contributed by atoms with van der Waals surface area (Å²) in [5.41, 5.74) is 2.25. The maximum atomic E-state index is 14.0. The molecule has 11 heteroatoms. The summed E-state index contributed by atoms with van der Waals surface area (Å²) >= 11 is 4.07. The van der Waals surface area contributed by atoms with Crippen molar-refractivity contribution in [1.29, 1.82) is 0 Å². The molecule has 2 aliphatic rings. The average molecular weight is 582 g/mol. The Hall–Kier alpha value is -3.57. The second-order valence-corrected chi connectivity index (χ2v) is 11.2. The van der Waals surface area contributed by atoms with Crippen molar-refractivity contribution in [3.05, 3.63) is 54.1 Å². The number of fused-ring (bicyclic) bond motifs is 5. The molecule has 4 amide bonds. The van der Waals surface area contributed by atoms with E-state index in [-0.39, 0.29) is 54.6 Å². The zero-order valence-corrected chi connectivity index (χ0v) is 24.7. The van der Waals surface area contributed by atoms with E-state index in [4.69, 9.17) is 4.74 Å². The maximum absolute atomic E-state index is 14.0. The molecular formula is C30H39N5O5S. The molecule has 2 heterocycles. The van der Waals surface area contributed by atoms with Crippen molar-refractivity contribution in [3.63, 3.8) is 0 Å². The standard InChI is InChI=1S/C30H39N5O5S/c1-33(2)17-27(36)32-25-11-7-13-34(3)29(38)21-9-6-8-20(14-21)24-10-4-5-12-26(24)40-18-23-15-22(31-28(37)19-41)16-35(23)30(25)39/h4-6,8-10,12,14,22-23,25,41H,7,11,13,15-19H2,1-3H3,(H,31,37)(H,32,36)/t22-,23-,25-/m0/s1. The van der Waals surface area contributed by atoms with Gasteiger partial charge in [0.15, 0.2) is 0 Å². The van der Waals surface area contributed by atoms with E-state index < -0.39 is 6.04 Å². The predicted molar refractivity (Wildman–Crippen MR) is 160 cm³/mol. The number of likely N-dealkylation sites (N-methyl/N-ethyl adjacent to an activating group) is 1. The van der Waals surface area contributed by atoms with Gasteiger partial charge >= 0.3 is 0 Å². The average Bonchev–Trinajstić information content (AvgIpc) is 3.36. The number of thiol groups is 1. The molecule has 220 valence electrons. The lowest BCUT2D eigenvalue weighted by Gasteiger charge is -2.30. The van der Waals surface area contributed by atoms with Crippen molar-refractivity contribution in [1.82, 2.24) is 25.3 Å². The first-order valence-corrected chi connectivity index (χ1v) is 14.5. The van der Waals surface area contributed by atoms with Crippen molar-refractivity contribution in [2.24, 2.45) is 0 Å². The lowest BCUT2D eigenvalue weighted by atomic mass is 10.0. The fourth-order valence-corrected chi connectivity index (χ4v) is 5.49. The van der Waals surface area contributed by atoms with Crippen LogP contribution < -0.4 is 15.4 Å². The van der Waals surface area contributed by atoms with Crippen LogP contribution in [0.1, 0.15) is 29.6 Å². The molecule has 2 bridgehead atoms. The molecule has 2 aliphatic heterocycles. The molecule has 3 atom stereocenters. The largest absolute Gasteiger partial charge is 0.491 e. The molecule has 4 rings (SSSR count). The number of hydrogen-bond donors (Lipinski definition) is 3. The third-order valence-corrected chi connectivity index (χ3v) is 7.66. The zero-order valence-electron chi connectivity index (χ0n) is 23.8. The monoisotopic (exact) mass is 581 g/mol. The number of carbonyl (C=O) groups excluding carboxylic acids is 4. The molecule has 0 unspecified atom stereocenters. The molecule has 10 nitrogen and oxygen atoms in total. The SMILES string of the molecule is CN(C)CC(=O)N[C@H]1CCCN(C)C(=O)c2cccc(c2)-c2ccccc2OC[C@@H]2C[C@H](NC(=O)CS)CN2C1=O. The number of nitrogens with one attached hydrogen (secondary N) is 2. The predicted octanol–water partition coefficient (Wildman–Crippen LogP) is 1.66. The lowest BCUT2D eigenvalue weighted by molar-refractivity contribution is -0.138. The Bertz CT molecular complexity index is 1270. The number of nitrogens with zero attached hydrogens (tertiary/aromatic N) is 3. The third-order valence-electron chi connectivity index (χ3n) is 7.37. The molecule has 2 aromatic rings. The second kappa shape index (κ2) is 13.9. The fraction of sp³-hybridized carbons (Fsp3) is 0.467. The van der Waals surface area contributed by atoms with Gasteiger partial charge in [0.05, 0.1) is 18.3 Å². The van der Waals surface area contributed by atoms with Gasteiger partial charge in [-0.05, 0) is 57.1 Å². The molecule has 0 aromatic heterocycles. The number of carbonyl (C=O) groups is 4. The Balaban J connectivity index is 1.68. The first-order valence-electron chi connectivity index (χ1n) is 13.9. The summed E-state index contributed by atoms with van der Waals surface area (Å²) in [7, 11) is 5.31. The summed E-state index contributed by atoms with van der Waals surface area (Å²) < 4.78 is 6.33. The van der Waals surface area contributed by atoms with Crippen LogP contribution in [-0.2, 0) is 14.4 Å². The quantitative estimate of drug-likeness (QED) is 0.464. The topological polar surface area (TPSA) is 111 Å². The molecule has 0 spiro atoms. The highest BCUT2D eigenvalue weighted by atomic mass is 32.1. The molecule has 0 saturated carbocycles. The van der Waals surface area contributed by atoms with E-state index in [0.29, 0.717) is 43.7 Å². The summed E-state index contributed by atoms with van der Waals surface area (Å²) in [6.07, 6.45) is 1.38. The first-order chi connectivity index (χ1) is 19.7. The van der Waals surface area contributed by atoms with Crippen molar-refractivity contribution < 1.29 is 23.9 Å². The molecular weight excluding hydrogens is 542 g/mol. The molecule has 2 N–H and O–H groups in total. The van der Waals surface area contributed by atoms with Crippen LogP contribution in [0.15, 0.2) is 48.5 Å². The van der Waals surface area contributed by atoms with Crippen molar-refractivity contribution in [2.45, 2.75) is 37.4 Å². The van der Waals surface area contributed by atoms with Crippen molar-refractivity contribution in [2.75, 3.05) is 53.1 Å². The van der Waals surface area contributed by atoms with Crippen molar-refractivity contribution in [3.8, 4) is 16.9 Å². The van der Waals surface area contributed by atoms with Gasteiger partial charge in [-0.1, -0.05) is 30.3 Å². The van der Waals surface area contributed by atoms with Crippen LogP contribution >= 0.6 is 12.6 Å². The van der Waals surface area contributed by atoms with Crippen LogP contribution in [0, 0.1) is 0 Å². The normalized spacial score (nSPS) is 21.6. The second-order valence-electron chi connectivity index (χ2n) is 10.9. The van der Waals surface area contributed by atoms with E-state index >= 15 is 0 Å². The molecule has 0 radical (unpaired) electrons.